The van der Waals surface area contributed by atoms with Gasteiger partial charge in [-0.2, -0.15) is 0 Å². The van der Waals surface area contributed by atoms with Gasteiger partial charge in [-0.05, 0) is 59.8 Å². The fraction of sp³-hybridized carbons (Fsp3) is 0.435. The lowest BCUT2D eigenvalue weighted by molar-refractivity contribution is 0.0790. The molecule has 1 aliphatic heterocycles. The number of nitrogens with zero attached hydrogens (tertiary/aromatic N) is 3. The Morgan fingerprint density at radius 1 is 1.16 bits per heavy atom. The van der Waals surface area contributed by atoms with Crippen molar-refractivity contribution in [1.82, 2.24) is 15.2 Å². The first-order valence-corrected chi connectivity index (χ1v) is 11.6. The number of phenolic OH excluding ortho intramolecular Hbond substituents is 1. The molecular weight excluding hydrogens is 426 g/mol. The highest BCUT2D eigenvalue weighted by Gasteiger charge is 2.30. The van der Waals surface area contributed by atoms with Crippen LogP contribution in [0.2, 0.25) is 0 Å². The van der Waals surface area contributed by atoms with E-state index >= 15 is 0 Å². The van der Waals surface area contributed by atoms with Gasteiger partial charge in [0.25, 0.3) is 5.91 Å². The second kappa shape index (κ2) is 8.82. The van der Waals surface area contributed by atoms with Gasteiger partial charge in [0.05, 0.1) is 17.3 Å². The number of nitrogens with one attached hydrogen (secondary N) is 2. The second-order valence-corrected chi connectivity index (χ2v) is 10.5. The fourth-order valence-electron chi connectivity index (χ4n) is 3.86. The second-order valence-electron chi connectivity index (χ2n) is 9.18. The molecule has 1 saturated heterocycles. The van der Waals surface area contributed by atoms with Crippen molar-refractivity contribution in [3.05, 3.63) is 45.6 Å². The Balaban J connectivity index is 1.58. The summed E-state index contributed by atoms with van der Waals surface area (Å²) in [6.45, 7) is 9.97. The summed E-state index contributed by atoms with van der Waals surface area (Å²) in [6.07, 6.45) is 1.98. The molecule has 1 fully saturated rings. The Morgan fingerprint density at radius 3 is 2.53 bits per heavy atom. The topological polar surface area (TPSA) is 104 Å². The van der Waals surface area contributed by atoms with E-state index in [1.807, 2.05) is 0 Å². The van der Waals surface area contributed by atoms with Gasteiger partial charge in [0.1, 0.15) is 0 Å². The maximum absolute atomic E-state index is 12.8. The van der Waals surface area contributed by atoms with E-state index in [1.54, 1.807) is 34.4 Å². The van der Waals surface area contributed by atoms with Crippen molar-refractivity contribution >= 4 is 34.6 Å². The van der Waals surface area contributed by atoms with E-state index in [0.29, 0.717) is 30.4 Å². The summed E-state index contributed by atoms with van der Waals surface area (Å²) in [5, 5.41) is 25.3. The number of carbonyl (C=O) groups is 1. The number of thiophene rings is 1. The summed E-state index contributed by atoms with van der Waals surface area (Å²) >= 11 is 1.73. The van der Waals surface area contributed by atoms with Crippen LogP contribution in [0.1, 0.15) is 59.8 Å². The van der Waals surface area contributed by atoms with Crippen molar-refractivity contribution in [2.45, 2.75) is 46.6 Å². The van der Waals surface area contributed by atoms with E-state index in [1.165, 1.54) is 9.75 Å². The van der Waals surface area contributed by atoms with Gasteiger partial charge in [-0.1, -0.05) is 26.8 Å². The van der Waals surface area contributed by atoms with Gasteiger partial charge >= 0.3 is 0 Å². The highest BCUT2D eigenvalue weighted by atomic mass is 32.1. The van der Waals surface area contributed by atoms with E-state index in [9.17, 15) is 9.90 Å². The zero-order valence-corrected chi connectivity index (χ0v) is 19.6. The smallest absolute Gasteiger partial charge is 0.257 e. The number of likely N-dealkylation sites (tertiary alicyclic amines) is 1. The van der Waals surface area contributed by atoms with Gasteiger partial charge in [-0.3, -0.25) is 4.79 Å². The van der Waals surface area contributed by atoms with Crippen LogP contribution in [0.4, 0.5) is 17.3 Å². The predicted molar refractivity (Wildman–Crippen MR) is 126 cm³/mol. The van der Waals surface area contributed by atoms with Crippen molar-refractivity contribution in [3.63, 3.8) is 0 Å². The summed E-state index contributed by atoms with van der Waals surface area (Å²) in [5.41, 5.74) is 0.537. The number of amides is 1. The maximum Gasteiger partial charge on any atom is 0.257 e. The van der Waals surface area contributed by atoms with Gasteiger partial charge in [0, 0.05) is 22.8 Å². The number of benzene rings is 1. The molecular formula is C23H29N5O3S. The third-order valence-corrected chi connectivity index (χ3v) is 6.66. The van der Waals surface area contributed by atoms with E-state index in [2.05, 4.69) is 60.8 Å². The van der Waals surface area contributed by atoms with Crippen LogP contribution in [-0.4, -0.2) is 39.3 Å². The molecule has 1 atom stereocenters. The zero-order valence-electron chi connectivity index (χ0n) is 18.8. The number of hydrogen-bond donors (Lipinski definition) is 3. The molecule has 0 bridgehead atoms. The molecule has 1 aliphatic rings. The van der Waals surface area contributed by atoms with Crippen LogP contribution in [0.3, 0.4) is 0 Å². The van der Waals surface area contributed by atoms with E-state index < -0.39 is 0 Å². The average molecular weight is 456 g/mol. The first kappa shape index (κ1) is 22.1. The van der Waals surface area contributed by atoms with E-state index in [0.717, 1.165) is 12.8 Å². The number of carbonyl (C=O) groups excluding carboxylic acids is 1. The van der Waals surface area contributed by atoms with Crippen molar-refractivity contribution < 1.29 is 14.5 Å². The molecule has 0 radical (unpaired) electrons. The van der Waals surface area contributed by atoms with E-state index in [4.69, 9.17) is 4.63 Å². The highest BCUT2D eigenvalue weighted by molar-refractivity contribution is 7.12. The first-order valence-electron chi connectivity index (χ1n) is 10.8. The first-order chi connectivity index (χ1) is 15.2. The highest BCUT2D eigenvalue weighted by Crippen LogP contribution is 2.40. The maximum atomic E-state index is 12.8. The lowest BCUT2D eigenvalue weighted by atomic mass is 9.86. The Labute approximate surface area is 191 Å². The van der Waals surface area contributed by atoms with Crippen LogP contribution in [0, 0.1) is 12.3 Å². The van der Waals surface area contributed by atoms with E-state index in [-0.39, 0.29) is 28.7 Å². The molecule has 3 aromatic rings. The number of aromatic nitrogens is 2. The number of rotatable bonds is 6. The normalized spacial score (nSPS) is 15.1. The molecule has 32 heavy (non-hydrogen) atoms. The minimum absolute atomic E-state index is 0.0228. The lowest BCUT2D eigenvalue weighted by Crippen LogP contribution is -2.27. The average Bonchev–Trinajstić information content (AvgIpc) is 3.49. The fourth-order valence-corrected chi connectivity index (χ4v) is 5.03. The summed E-state index contributed by atoms with van der Waals surface area (Å²) in [5.74, 6) is 0.501. The van der Waals surface area contributed by atoms with Crippen LogP contribution in [0.5, 0.6) is 5.75 Å². The number of aryl methyl sites for hydroxylation is 1. The van der Waals surface area contributed by atoms with Crippen molar-refractivity contribution in [2.75, 3.05) is 23.7 Å². The van der Waals surface area contributed by atoms with Gasteiger partial charge in [-0.15, -0.1) is 11.3 Å². The summed E-state index contributed by atoms with van der Waals surface area (Å²) in [4.78, 5) is 17.0. The van der Waals surface area contributed by atoms with Gasteiger partial charge in [0.15, 0.2) is 5.75 Å². The molecule has 3 heterocycles. The molecule has 1 aromatic carbocycles. The molecule has 0 unspecified atom stereocenters. The molecule has 9 heteroatoms. The SMILES string of the molecule is Cc1ccc([C@H](Nc2nonc2Nc2cccc(C(=O)N3CCCC3)c2O)C(C)(C)C)s1. The van der Waals surface area contributed by atoms with Crippen molar-refractivity contribution in [2.24, 2.45) is 5.41 Å². The Hall–Kier alpha value is -3.07. The number of hydrogen-bond acceptors (Lipinski definition) is 8. The number of anilines is 3. The van der Waals surface area contributed by atoms with Crippen LogP contribution in [0.15, 0.2) is 35.0 Å². The van der Waals surface area contributed by atoms with Gasteiger partial charge in [-0.25, -0.2) is 4.63 Å². The van der Waals surface area contributed by atoms with Crippen molar-refractivity contribution in [1.29, 1.82) is 0 Å². The predicted octanol–water partition coefficient (Wildman–Crippen LogP) is 5.32. The molecule has 170 valence electrons. The Morgan fingerprint density at radius 2 is 1.88 bits per heavy atom. The molecule has 0 spiro atoms. The molecule has 8 nitrogen and oxygen atoms in total. The van der Waals surface area contributed by atoms with Crippen LogP contribution in [-0.2, 0) is 0 Å². The van der Waals surface area contributed by atoms with Gasteiger partial charge in [0.2, 0.25) is 11.6 Å². The summed E-state index contributed by atoms with van der Waals surface area (Å²) in [7, 11) is 0. The molecule has 1 amide bonds. The zero-order chi connectivity index (χ0) is 22.9. The molecule has 2 aromatic heterocycles. The number of phenols is 1. The molecule has 4 rings (SSSR count). The van der Waals surface area contributed by atoms with Crippen LogP contribution >= 0.6 is 11.3 Å². The standard InChI is InChI=1S/C23H29N5O3S/c1-14-10-11-17(32-14)19(23(2,3)4)25-21-20(26-31-27-21)24-16-9-7-8-15(18(16)29)22(30)28-12-5-6-13-28/h7-11,19,29H,5-6,12-13H2,1-4H3,(H,24,26)(H,25,27)/t19-/m0/s1. The van der Waals surface area contributed by atoms with Crippen LogP contribution < -0.4 is 10.6 Å². The quantitative estimate of drug-likeness (QED) is 0.432. The third kappa shape index (κ3) is 4.57. The Bertz CT molecular complexity index is 1100. The summed E-state index contributed by atoms with van der Waals surface area (Å²) < 4.78 is 4.99. The molecule has 0 aliphatic carbocycles. The van der Waals surface area contributed by atoms with Crippen LogP contribution in [0.25, 0.3) is 0 Å². The molecule has 0 saturated carbocycles. The summed E-state index contributed by atoms with van der Waals surface area (Å²) in [6, 6.07) is 9.25. The Kier molecular flexibility index (Phi) is 6.10. The van der Waals surface area contributed by atoms with Gasteiger partial charge < -0.3 is 20.6 Å². The monoisotopic (exact) mass is 455 g/mol. The molecule has 3 N–H and O–H groups in total. The number of aromatic hydroxyl groups is 1. The minimum Gasteiger partial charge on any atom is -0.505 e. The lowest BCUT2D eigenvalue weighted by Gasteiger charge is -2.30. The largest absolute Gasteiger partial charge is 0.505 e. The minimum atomic E-state index is -0.166. The third-order valence-electron chi connectivity index (χ3n) is 5.59. The number of para-hydroxylation sites is 1. The van der Waals surface area contributed by atoms with Crippen molar-refractivity contribution in [3.8, 4) is 5.75 Å².